The van der Waals surface area contributed by atoms with Gasteiger partial charge in [-0.05, 0) is 12.1 Å². The maximum Gasteiger partial charge on any atom is 0.313 e. The van der Waals surface area contributed by atoms with E-state index in [-0.39, 0.29) is 0 Å². The van der Waals surface area contributed by atoms with Crippen molar-refractivity contribution in [2.75, 3.05) is 0 Å². The first-order valence-corrected chi connectivity index (χ1v) is 15.9. The van der Waals surface area contributed by atoms with Crippen LogP contribution in [0.5, 0.6) is 5.75 Å². The summed E-state index contributed by atoms with van der Waals surface area (Å²) >= 11 is 0. The molecule has 0 radical (unpaired) electrons. The van der Waals surface area contributed by atoms with Gasteiger partial charge in [-0.3, -0.25) is 27.8 Å². The van der Waals surface area contributed by atoms with Gasteiger partial charge in [0.15, 0.2) is 21.7 Å². The lowest BCUT2D eigenvalue weighted by Crippen LogP contribution is -2.63. The number of carbonyl (C=O) groups is 2. The Morgan fingerprint density at radius 2 is 1.15 bits per heavy atom. The first kappa shape index (κ1) is 28.7. The van der Waals surface area contributed by atoms with Crippen LogP contribution in [0.2, 0.25) is 0 Å². The summed E-state index contributed by atoms with van der Waals surface area (Å²) in [6.07, 6.45) is 0. The molecule has 19 heteroatoms. The van der Waals surface area contributed by atoms with Gasteiger partial charge < -0.3 is 4.74 Å². The predicted octanol–water partition coefficient (Wildman–Crippen LogP) is 0.283. The third-order valence-corrected chi connectivity index (χ3v) is 10.5. The van der Waals surface area contributed by atoms with Crippen molar-refractivity contribution in [3.8, 4) is 5.75 Å². The maximum absolute atomic E-state index is 13.5. The molecule has 0 saturated heterocycles. The average molecular weight is 623 g/mol. The highest BCUT2D eigenvalue weighted by Gasteiger charge is 2.71. The molecular weight excluding hydrogens is 608 g/mol. The topological polar surface area (TPSA) is 261 Å². The smallest absolute Gasteiger partial charge is 0.313 e. The van der Waals surface area contributed by atoms with Gasteiger partial charge in [0.05, 0.1) is 5.57 Å². The normalized spacial score (nSPS) is 22.4. The Bertz CT molecular complexity index is 1950. The van der Waals surface area contributed by atoms with Crippen LogP contribution in [-0.2, 0) is 40.5 Å². The summed E-state index contributed by atoms with van der Waals surface area (Å²) in [5.74, 6) is -4.05. The second-order valence-electron chi connectivity index (χ2n) is 8.05. The maximum atomic E-state index is 13.5. The Labute approximate surface area is 220 Å². The zero-order valence-corrected chi connectivity index (χ0v) is 22.0. The van der Waals surface area contributed by atoms with Crippen LogP contribution in [-0.4, -0.2) is 73.6 Å². The van der Waals surface area contributed by atoms with Crippen LogP contribution < -0.4 is 4.74 Å². The van der Waals surface area contributed by atoms with Crippen LogP contribution >= 0.6 is 0 Å². The monoisotopic (exact) mass is 622 g/mol. The van der Waals surface area contributed by atoms with Gasteiger partial charge in [0.2, 0.25) is 0 Å². The van der Waals surface area contributed by atoms with Gasteiger partial charge in [-0.15, -0.1) is 0 Å². The van der Waals surface area contributed by atoms with Crippen LogP contribution in [0, 0.1) is 0 Å². The van der Waals surface area contributed by atoms with Crippen molar-refractivity contribution < 1.29 is 66.2 Å². The number of carbonyl (C=O) groups excluding carboxylic acids is 2. The summed E-state index contributed by atoms with van der Waals surface area (Å²) in [5, 5.41) is -3.61. The molecular formula is C20H14O15S4. The predicted molar refractivity (Wildman–Crippen MR) is 129 cm³/mol. The number of para-hydroxylation sites is 1. The summed E-state index contributed by atoms with van der Waals surface area (Å²) in [5.41, 5.74) is -4.68. The summed E-state index contributed by atoms with van der Waals surface area (Å²) in [6, 6.07) is 9.46. The van der Waals surface area contributed by atoms with E-state index in [1.54, 1.807) is 0 Å². The van der Waals surface area contributed by atoms with E-state index in [0.29, 0.717) is 0 Å². The van der Waals surface area contributed by atoms with Crippen molar-refractivity contribution in [3.05, 3.63) is 86.7 Å². The lowest BCUT2D eigenvalue weighted by molar-refractivity contribution is 0.0956. The summed E-state index contributed by atoms with van der Waals surface area (Å²) < 4.78 is 148. The van der Waals surface area contributed by atoms with Gasteiger partial charge >= 0.3 is 10.1 Å². The minimum atomic E-state index is -6.54. The van der Waals surface area contributed by atoms with E-state index in [0.717, 1.165) is 36.4 Å². The third kappa shape index (κ3) is 4.41. The van der Waals surface area contributed by atoms with Gasteiger partial charge in [-0.2, -0.15) is 33.7 Å². The summed E-state index contributed by atoms with van der Waals surface area (Å²) in [4.78, 5) is 17.4. The molecule has 2 atom stereocenters. The molecule has 0 fully saturated rings. The highest BCUT2D eigenvalue weighted by Crippen LogP contribution is 2.52. The van der Waals surface area contributed by atoms with Crippen LogP contribution in [0.4, 0.5) is 0 Å². The number of ether oxygens (including phenoxy) is 1. The van der Waals surface area contributed by atoms with Crippen molar-refractivity contribution in [3.63, 3.8) is 0 Å². The SMILES string of the molecule is O=C1C2=C(C(=O)c3ccccc31)C(S(=O)(=O)O)C(Oc1ccccc1)(S(=O)(=O)O)C(S(=O)(=O)O)=C2S(=O)(=O)O. The van der Waals surface area contributed by atoms with Gasteiger partial charge in [-0.25, -0.2) is 0 Å². The molecule has 0 saturated carbocycles. The molecule has 0 aromatic heterocycles. The first-order chi connectivity index (χ1) is 17.7. The molecule has 208 valence electrons. The number of allylic oxidation sites excluding steroid dienone is 1. The van der Waals surface area contributed by atoms with Crippen molar-refractivity contribution >= 4 is 52.0 Å². The number of ketones is 2. The van der Waals surface area contributed by atoms with Crippen molar-refractivity contribution in [2.45, 2.75) is 10.2 Å². The van der Waals surface area contributed by atoms with E-state index in [4.69, 9.17) is 4.74 Å². The Hall–Kier alpha value is -3.30. The van der Waals surface area contributed by atoms with Crippen LogP contribution in [0.3, 0.4) is 0 Å². The average Bonchev–Trinajstić information content (AvgIpc) is 2.79. The molecule has 39 heavy (non-hydrogen) atoms. The third-order valence-electron chi connectivity index (χ3n) is 5.72. The fraction of sp³-hybridized carbons (Fsp3) is 0.100. The highest BCUT2D eigenvalue weighted by molar-refractivity contribution is 7.97. The van der Waals surface area contributed by atoms with E-state index in [2.05, 4.69) is 0 Å². The second kappa shape index (κ2) is 8.86. The van der Waals surface area contributed by atoms with Gasteiger partial charge in [0, 0.05) is 16.7 Å². The molecule has 2 aliphatic carbocycles. The van der Waals surface area contributed by atoms with Crippen LogP contribution in [0.15, 0.2) is 75.6 Å². The Balaban J connectivity index is 2.40. The van der Waals surface area contributed by atoms with Crippen molar-refractivity contribution in [1.29, 1.82) is 0 Å². The van der Waals surface area contributed by atoms with Crippen LogP contribution in [0.1, 0.15) is 20.7 Å². The molecule has 2 aliphatic rings. The number of rotatable bonds is 6. The van der Waals surface area contributed by atoms with E-state index < -0.39 is 100 Å². The second-order valence-corrected chi connectivity index (χ2v) is 13.8. The first-order valence-electron chi connectivity index (χ1n) is 10.0. The largest absolute Gasteiger partial charge is 0.462 e. The van der Waals surface area contributed by atoms with E-state index in [1.165, 1.54) is 18.2 Å². The lowest BCUT2D eigenvalue weighted by atomic mass is 9.78. The van der Waals surface area contributed by atoms with Gasteiger partial charge in [-0.1, -0.05) is 42.5 Å². The number of fused-ring (bicyclic) bond motifs is 1. The molecule has 0 heterocycles. The van der Waals surface area contributed by atoms with E-state index in [1.807, 2.05) is 0 Å². The minimum Gasteiger partial charge on any atom is -0.462 e. The van der Waals surface area contributed by atoms with E-state index >= 15 is 0 Å². The zero-order chi connectivity index (χ0) is 29.3. The van der Waals surface area contributed by atoms with Crippen LogP contribution in [0.25, 0.3) is 0 Å². The number of hydrogen-bond acceptors (Lipinski definition) is 11. The molecule has 2 aromatic rings. The standard InChI is InChI=1S/C20H14O15S4/c21-15-11-8-4-5-9-12(11)16(22)14-13(15)17(36(23,24)25)19(38(29,30)31)20(39(32,33)34,18(14)37(26,27)28)35-10-6-2-1-3-7-10/h1-9,18H,(H,23,24,25)(H,26,27,28)(H,29,30,31)(H,32,33,34). The molecule has 0 amide bonds. The molecule has 0 spiro atoms. The molecule has 4 rings (SSSR count). The van der Waals surface area contributed by atoms with Crippen molar-refractivity contribution in [1.82, 2.24) is 0 Å². The number of Topliss-reactive ketones (excluding diaryl/α,β-unsaturated/α-hetero) is 2. The lowest BCUT2D eigenvalue weighted by Gasteiger charge is -2.42. The Kier molecular flexibility index (Phi) is 6.52. The Morgan fingerprint density at radius 3 is 1.59 bits per heavy atom. The molecule has 4 N–H and O–H groups in total. The molecule has 0 bridgehead atoms. The van der Waals surface area contributed by atoms with Gasteiger partial charge in [0.25, 0.3) is 35.3 Å². The highest BCUT2D eigenvalue weighted by atomic mass is 32.2. The molecule has 0 aliphatic heterocycles. The fourth-order valence-electron chi connectivity index (χ4n) is 4.41. The van der Waals surface area contributed by atoms with Gasteiger partial charge in [0.1, 0.15) is 10.7 Å². The number of hydrogen-bond donors (Lipinski definition) is 4. The summed E-state index contributed by atoms with van der Waals surface area (Å²) in [6.45, 7) is 0. The van der Waals surface area contributed by atoms with Crippen molar-refractivity contribution in [2.24, 2.45) is 0 Å². The Morgan fingerprint density at radius 1 is 0.667 bits per heavy atom. The quantitative estimate of drug-likeness (QED) is 0.315. The molecule has 15 nitrogen and oxygen atoms in total. The number of benzene rings is 2. The molecule has 2 unspecified atom stereocenters. The minimum absolute atomic E-state index is 0.644. The molecule has 2 aromatic carbocycles. The van der Waals surface area contributed by atoms with E-state index in [9.17, 15) is 61.5 Å². The zero-order valence-electron chi connectivity index (χ0n) is 18.7. The fourth-order valence-corrected chi connectivity index (χ4v) is 10.2. The summed E-state index contributed by atoms with van der Waals surface area (Å²) in [7, 11) is -25.4.